The summed E-state index contributed by atoms with van der Waals surface area (Å²) in [6.45, 7) is 6.33. The second-order valence-electron chi connectivity index (χ2n) is 4.40. The molecule has 0 aliphatic rings. The Morgan fingerprint density at radius 2 is 1.84 bits per heavy atom. The van der Waals surface area contributed by atoms with Gasteiger partial charge in [-0.05, 0) is 12.5 Å². The Balaban J connectivity index is 0.000000550. The maximum absolute atomic E-state index is 10.8. The van der Waals surface area contributed by atoms with Gasteiger partial charge in [0.15, 0.2) is 0 Å². The molecule has 1 heterocycles. The van der Waals surface area contributed by atoms with Gasteiger partial charge in [-0.25, -0.2) is 0 Å². The molecular weight excluding hydrogens is 238 g/mol. The molecule has 0 bridgehead atoms. The molecule has 0 saturated heterocycles. The number of aromatic nitrogens is 2. The zero-order chi connectivity index (χ0) is 14.3. The Labute approximate surface area is 114 Å². The summed E-state index contributed by atoms with van der Waals surface area (Å²) in [4.78, 5) is 10.8. The first-order valence-electron chi connectivity index (χ1n) is 6.46. The molecular formula is C15H21N3O. The maximum Gasteiger partial charge on any atom is 0.239 e. The zero-order valence-electron chi connectivity index (χ0n) is 11.8. The summed E-state index contributed by atoms with van der Waals surface area (Å²) in [6.07, 6.45) is 3.08. The van der Waals surface area contributed by atoms with Crippen LogP contribution in [0.5, 0.6) is 0 Å². The fourth-order valence-electron chi connectivity index (χ4n) is 1.64. The number of nitrogens with zero attached hydrogens (tertiary/aromatic N) is 2. The molecule has 0 spiro atoms. The number of rotatable bonds is 3. The highest BCUT2D eigenvalue weighted by Crippen LogP contribution is 2.20. The molecule has 0 aliphatic heterocycles. The molecule has 0 unspecified atom stereocenters. The number of benzene rings is 1. The van der Waals surface area contributed by atoms with E-state index in [0.717, 1.165) is 16.8 Å². The van der Waals surface area contributed by atoms with Crippen molar-refractivity contribution in [2.24, 2.45) is 5.73 Å². The molecule has 2 rings (SSSR count). The topological polar surface area (TPSA) is 60.9 Å². The van der Waals surface area contributed by atoms with Gasteiger partial charge in [-0.1, -0.05) is 50.6 Å². The second kappa shape index (κ2) is 7.36. The monoisotopic (exact) mass is 259 g/mol. The highest BCUT2D eigenvalue weighted by molar-refractivity contribution is 5.73. The fraction of sp³-hybridized carbons (Fsp3) is 0.333. The van der Waals surface area contributed by atoms with Gasteiger partial charge in [0.25, 0.3) is 0 Å². The van der Waals surface area contributed by atoms with Crippen molar-refractivity contribution in [3.05, 3.63) is 42.1 Å². The van der Waals surface area contributed by atoms with Crippen LogP contribution in [0.1, 0.15) is 25.8 Å². The summed E-state index contributed by atoms with van der Waals surface area (Å²) in [5.41, 5.74) is 8.09. The van der Waals surface area contributed by atoms with E-state index in [4.69, 9.17) is 5.73 Å². The number of carbonyl (C=O) groups is 1. The molecule has 0 radical (unpaired) electrons. The summed E-state index contributed by atoms with van der Waals surface area (Å²) in [5, 5.41) is 4.34. The van der Waals surface area contributed by atoms with Gasteiger partial charge in [0.1, 0.15) is 6.54 Å². The highest BCUT2D eigenvalue weighted by atomic mass is 16.1. The van der Waals surface area contributed by atoms with Crippen LogP contribution in [-0.2, 0) is 11.3 Å². The van der Waals surface area contributed by atoms with Gasteiger partial charge in [-0.15, -0.1) is 0 Å². The number of hydrogen-bond donors (Lipinski definition) is 1. The lowest BCUT2D eigenvalue weighted by molar-refractivity contribution is -0.118. The van der Waals surface area contributed by atoms with Crippen molar-refractivity contribution in [1.82, 2.24) is 9.78 Å². The molecule has 2 N–H and O–H groups in total. The van der Waals surface area contributed by atoms with Crippen LogP contribution in [0.2, 0.25) is 0 Å². The van der Waals surface area contributed by atoms with Crippen LogP contribution in [0, 0.1) is 6.92 Å². The lowest BCUT2D eigenvalue weighted by atomic mass is 10.1. The van der Waals surface area contributed by atoms with Crippen LogP contribution in [0.4, 0.5) is 0 Å². The number of primary amides is 1. The molecule has 4 heteroatoms. The summed E-state index contributed by atoms with van der Waals surface area (Å²) in [6, 6.07) is 9.86. The van der Waals surface area contributed by atoms with Crippen molar-refractivity contribution in [2.45, 2.75) is 33.7 Å². The van der Waals surface area contributed by atoms with Gasteiger partial charge in [0.05, 0.1) is 5.69 Å². The molecule has 2 aromatic rings. The number of amides is 1. The van der Waals surface area contributed by atoms with Gasteiger partial charge >= 0.3 is 0 Å². The van der Waals surface area contributed by atoms with Gasteiger partial charge in [0, 0.05) is 11.8 Å². The normalized spacial score (nSPS) is 9.63. The fourth-order valence-corrected chi connectivity index (χ4v) is 1.64. The number of nitrogens with two attached hydrogens (primary N) is 1. The van der Waals surface area contributed by atoms with Gasteiger partial charge < -0.3 is 5.73 Å². The van der Waals surface area contributed by atoms with Gasteiger partial charge in [0.2, 0.25) is 5.91 Å². The first kappa shape index (κ1) is 15.0. The summed E-state index contributed by atoms with van der Waals surface area (Å²) in [7, 11) is 0. The Bertz CT molecular complexity index is 517. The Kier molecular flexibility index (Phi) is 5.79. The third kappa shape index (κ3) is 4.58. The van der Waals surface area contributed by atoms with Crippen molar-refractivity contribution in [2.75, 3.05) is 0 Å². The van der Waals surface area contributed by atoms with Crippen molar-refractivity contribution in [3.63, 3.8) is 0 Å². The summed E-state index contributed by atoms with van der Waals surface area (Å²) >= 11 is 0. The van der Waals surface area contributed by atoms with Crippen LogP contribution >= 0.6 is 0 Å². The number of aryl methyl sites for hydroxylation is 1. The molecule has 4 nitrogen and oxygen atoms in total. The van der Waals surface area contributed by atoms with Crippen LogP contribution in [0.25, 0.3) is 11.3 Å². The van der Waals surface area contributed by atoms with E-state index in [0.29, 0.717) is 0 Å². The number of carbonyl (C=O) groups excluding carboxylic acids is 1. The quantitative estimate of drug-likeness (QED) is 0.921. The lowest BCUT2D eigenvalue weighted by Gasteiger charge is -1.97. The molecule has 0 aliphatic carbocycles. The highest BCUT2D eigenvalue weighted by Gasteiger charge is 2.08. The van der Waals surface area contributed by atoms with E-state index in [9.17, 15) is 4.79 Å². The first-order chi connectivity index (χ1) is 9.08. The minimum absolute atomic E-state index is 0.119. The Hall–Kier alpha value is -2.10. The predicted octanol–water partition coefficient (Wildman–Crippen LogP) is 2.76. The zero-order valence-corrected chi connectivity index (χ0v) is 11.8. The summed E-state index contributed by atoms with van der Waals surface area (Å²) < 4.78 is 1.57. The Morgan fingerprint density at radius 3 is 2.37 bits per heavy atom. The van der Waals surface area contributed by atoms with E-state index in [1.807, 2.05) is 43.5 Å². The minimum Gasteiger partial charge on any atom is -0.368 e. The molecule has 1 amide bonds. The standard InChI is InChI=1S/C12H13N3O.C3H8/c1-9-7-15(8-11(13)16)14-12(9)10-5-3-2-4-6-10;1-3-2/h2-7H,8H2,1H3,(H2,13,16);3H2,1-2H3. The Morgan fingerprint density at radius 1 is 1.26 bits per heavy atom. The van der Waals surface area contributed by atoms with Crippen LogP contribution in [-0.4, -0.2) is 15.7 Å². The maximum atomic E-state index is 10.8. The van der Waals surface area contributed by atoms with Crippen LogP contribution in [0.15, 0.2) is 36.5 Å². The van der Waals surface area contributed by atoms with Crippen molar-refractivity contribution >= 4 is 5.91 Å². The smallest absolute Gasteiger partial charge is 0.239 e. The molecule has 0 fully saturated rings. The largest absolute Gasteiger partial charge is 0.368 e. The number of hydrogen-bond acceptors (Lipinski definition) is 2. The minimum atomic E-state index is -0.387. The third-order valence-electron chi connectivity index (χ3n) is 2.31. The molecule has 19 heavy (non-hydrogen) atoms. The van der Waals surface area contributed by atoms with Crippen molar-refractivity contribution in [1.29, 1.82) is 0 Å². The molecule has 0 atom stereocenters. The van der Waals surface area contributed by atoms with E-state index in [2.05, 4.69) is 18.9 Å². The third-order valence-corrected chi connectivity index (χ3v) is 2.31. The van der Waals surface area contributed by atoms with Crippen LogP contribution < -0.4 is 5.73 Å². The van der Waals surface area contributed by atoms with Crippen molar-refractivity contribution in [3.8, 4) is 11.3 Å². The molecule has 1 aromatic heterocycles. The van der Waals surface area contributed by atoms with E-state index in [1.54, 1.807) is 4.68 Å². The summed E-state index contributed by atoms with van der Waals surface area (Å²) in [5.74, 6) is -0.387. The first-order valence-corrected chi connectivity index (χ1v) is 6.46. The van der Waals surface area contributed by atoms with Gasteiger partial charge in [-0.2, -0.15) is 5.10 Å². The van der Waals surface area contributed by atoms with Gasteiger partial charge in [-0.3, -0.25) is 9.48 Å². The van der Waals surface area contributed by atoms with E-state index >= 15 is 0 Å². The second-order valence-corrected chi connectivity index (χ2v) is 4.40. The average molecular weight is 259 g/mol. The van der Waals surface area contributed by atoms with E-state index < -0.39 is 0 Å². The molecule has 0 saturated carbocycles. The molecule has 1 aromatic carbocycles. The lowest BCUT2D eigenvalue weighted by Crippen LogP contribution is -2.18. The predicted molar refractivity (Wildman–Crippen MR) is 77.6 cm³/mol. The van der Waals surface area contributed by atoms with Crippen molar-refractivity contribution < 1.29 is 4.79 Å². The van der Waals surface area contributed by atoms with Crippen LogP contribution in [0.3, 0.4) is 0 Å². The molecule has 102 valence electrons. The van der Waals surface area contributed by atoms with E-state index in [1.165, 1.54) is 6.42 Å². The average Bonchev–Trinajstić information content (AvgIpc) is 2.71. The SMILES string of the molecule is CCC.Cc1cn(CC(N)=O)nc1-c1ccccc1. The van der Waals surface area contributed by atoms with E-state index in [-0.39, 0.29) is 12.5 Å².